The molecule has 0 atom stereocenters. The maximum absolute atomic E-state index is 12.0. The van der Waals surface area contributed by atoms with E-state index >= 15 is 0 Å². The molecule has 0 spiro atoms. The Morgan fingerprint density at radius 3 is 1.44 bits per heavy atom. The van der Waals surface area contributed by atoms with E-state index in [1.54, 1.807) is 23.5 Å². The van der Waals surface area contributed by atoms with Crippen LogP contribution < -0.4 is 0 Å². The summed E-state index contributed by atoms with van der Waals surface area (Å²) in [7, 11) is 0. The fourth-order valence-electron chi connectivity index (χ4n) is 2.11. The van der Waals surface area contributed by atoms with E-state index in [0.29, 0.717) is 24.7 Å². The van der Waals surface area contributed by atoms with Crippen LogP contribution in [0.2, 0.25) is 0 Å². The second-order valence-corrected chi connectivity index (χ2v) is 9.62. The van der Waals surface area contributed by atoms with Crippen LogP contribution in [-0.2, 0) is 4.74 Å². The third-order valence-corrected chi connectivity index (χ3v) is 6.44. The van der Waals surface area contributed by atoms with E-state index in [1.165, 1.54) is 0 Å². The molecule has 0 aliphatic carbocycles. The number of benzene rings is 2. The van der Waals surface area contributed by atoms with Crippen LogP contribution in [0.15, 0.2) is 57.5 Å². The number of rotatable bonds is 12. The van der Waals surface area contributed by atoms with Crippen molar-refractivity contribution in [3.8, 4) is 0 Å². The van der Waals surface area contributed by atoms with Crippen LogP contribution in [0.4, 0.5) is 0 Å². The van der Waals surface area contributed by atoms with Crippen molar-refractivity contribution in [3.05, 3.63) is 68.6 Å². The normalized spacial score (nSPS) is 10.7. The number of ketones is 2. The lowest BCUT2D eigenvalue weighted by Gasteiger charge is -2.05. The predicted molar refractivity (Wildman–Crippen MR) is 122 cm³/mol. The first-order valence-corrected chi connectivity index (χ1v) is 12.3. The van der Waals surface area contributed by atoms with Crippen LogP contribution in [0.3, 0.4) is 0 Å². The Balaban J connectivity index is 1.47. The van der Waals surface area contributed by atoms with Gasteiger partial charge in [-0.25, -0.2) is 0 Å². The van der Waals surface area contributed by atoms with Gasteiger partial charge in [0.15, 0.2) is 11.6 Å². The minimum atomic E-state index is 0.134. The monoisotopic (exact) mass is 530 g/mol. The second kappa shape index (κ2) is 12.8. The Bertz CT molecular complexity index is 670. The molecule has 7 heteroatoms. The molecule has 0 saturated carbocycles. The highest BCUT2D eigenvalue weighted by molar-refractivity contribution is 9.10. The first-order chi connectivity index (χ1) is 13.1. The number of Topliss-reactive ketones (excluding diaryl/α,β-unsaturated/α-hetero) is 2. The van der Waals surface area contributed by atoms with Gasteiger partial charge in [0.05, 0.1) is 24.7 Å². The van der Waals surface area contributed by atoms with E-state index < -0.39 is 0 Å². The van der Waals surface area contributed by atoms with Gasteiger partial charge in [0.1, 0.15) is 0 Å². The average molecular weight is 532 g/mol. The number of hydrogen-bond acceptors (Lipinski definition) is 5. The molecule has 0 saturated heterocycles. The molecule has 144 valence electrons. The molecule has 2 aromatic carbocycles. The first-order valence-electron chi connectivity index (χ1n) is 8.37. The Labute approximate surface area is 185 Å². The molecule has 0 bridgehead atoms. The molecule has 0 fully saturated rings. The van der Waals surface area contributed by atoms with Crippen molar-refractivity contribution in [2.75, 3.05) is 36.2 Å². The number of ether oxygens (including phenoxy) is 1. The molecule has 0 unspecified atom stereocenters. The summed E-state index contributed by atoms with van der Waals surface area (Å²) in [5, 5.41) is 0. The molecule has 2 rings (SSSR count). The second-order valence-electron chi connectivity index (χ2n) is 5.58. The van der Waals surface area contributed by atoms with Gasteiger partial charge in [-0.2, -0.15) is 23.5 Å². The summed E-state index contributed by atoms with van der Waals surface area (Å²) in [6, 6.07) is 14.8. The highest BCUT2D eigenvalue weighted by Crippen LogP contribution is 2.14. The van der Waals surface area contributed by atoms with E-state index in [4.69, 9.17) is 4.74 Å². The van der Waals surface area contributed by atoms with E-state index in [2.05, 4.69) is 31.9 Å². The van der Waals surface area contributed by atoms with Gasteiger partial charge in [0, 0.05) is 31.6 Å². The number of thioether (sulfide) groups is 2. The largest absolute Gasteiger partial charge is 0.380 e. The molecule has 3 nitrogen and oxygen atoms in total. The van der Waals surface area contributed by atoms with Gasteiger partial charge in [-0.3, -0.25) is 9.59 Å². The van der Waals surface area contributed by atoms with Gasteiger partial charge in [-0.05, 0) is 24.3 Å². The molecule has 2 aromatic rings. The number of carbonyl (C=O) groups is 2. The van der Waals surface area contributed by atoms with Crippen molar-refractivity contribution < 1.29 is 14.3 Å². The van der Waals surface area contributed by atoms with E-state index in [9.17, 15) is 9.59 Å². The molecular weight excluding hydrogens is 512 g/mol. The fourth-order valence-corrected chi connectivity index (χ4v) is 4.10. The van der Waals surface area contributed by atoms with Gasteiger partial charge in [-0.15, -0.1) is 0 Å². The van der Waals surface area contributed by atoms with Gasteiger partial charge in [-0.1, -0.05) is 56.1 Å². The van der Waals surface area contributed by atoms with Gasteiger partial charge in [0.2, 0.25) is 0 Å². The van der Waals surface area contributed by atoms with Crippen molar-refractivity contribution in [1.82, 2.24) is 0 Å². The van der Waals surface area contributed by atoms with Crippen LogP contribution >= 0.6 is 55.4 Å². The lowest BCUT2D eigenvalue weighted by Crippen LogP contribution is -2.07. The van der Waals surface area contributed by atoms with Crippen LogP contribution in [-0.4, -0.2) is 47.8 Å². The number of hydrogen-bond donors (Lipinski definition) is 0. The summed E-state index contributed by atoms with van der Waals surface area (Å²) < 4.78 is 7.50. The molecule has 0 aliphatic rings. The number of carbonyl (C=O) groups excluding carboxylic acids is 2. The molecule has 0 amide bonds. The third kappa shape index (κ3) is 8.96. The first kappa shape index (κ1) is 22.7. The highest BCUT2D eigenvalue weighted by atomic mass is 79.9. The van der Waals surface area contributed by atoms with Crippen LogP contribution in [0.25, 0.3) is 0 Å². The Morgan fingerprint density at radius 2 is 1.07 bits per heavy atom. The summed E-state index contributed by atoms with van der Waals surface area (Å²) in [6.45, 7) is 1.22. The zero-order valence-corrected chi connectivity index (χ0v) is 19.5. The van der Waals surface area contributed by atoms with Crippen molar-refractivity contribution in [3.63, 3.8) is 0 Å². The Kier molecular flexibility index (Phi) is 10.7. The van der Waals surface area contributed by atoms with E-state index in [0.717, 1.165) is 31.6 Å². The number of halogens is 2. The topological polar surface area (TPSA) is 43.4 Å². The van der Waals surface area contributed by atoms with Gasteiger partial charge >= 0.3 is 0 Å². The van der Waals surface area contributed by atoms with Crippen LogP contribution in [0.1, 0.15) is 20.7 Å². The fraction of sp³-hybridized carbons (Fsp3) is 0.300. The minimum absolute atomic E-state index is 0.134. The summed E-state index contributed by atoms with van der Waals surface area (Å²) >= 11 is 9.87. The van der Waals surface area contributed by atoms with E-state index in [1.807, 2.05) is 48.5 Å². The highest BCUT2D eigenvalue weighted by Gasteiger charge is 2.06. The Morgan fingerprint density at radius 1 is 0.704 bits per heavy atom. The summed E-state index contributed by atoms with van der Waals surface area (Å²) in [6.07, 6.45) is 0. The minimum Gasteiger partial charge on any atom is -0.380 e. The molecule has 27 heavy (non-hydrogen) atoms. The molecular formula is C20H20Br2O3S2. The maximum Gasteiger partial charge on any atom is 0.172 e. The van der Waals surface area contributed by atoms with Crippen molar-refractivity contribution >= 4 is 67.0 Å². The summed E-state index contributed by atoms with van der Waals surface area (Å²) in [4.78, 5) is 24.0. The lowest BCUT2D eigenvalue weighted by molar-refractivity contribution is 0.101. The molecule has 0 aliphatic heterocycles. The van der Waals surface area contributed by atoms with Crippen molar-refractivity contribution in [2.24, 2.45) is 0 Å². The Hall–Kier alpha value is -0.600. The van der Waals surface area contributed by atoms with Crippen molar-refractivity contribution in [2.45, 2.75) is 0 Å². The van der Waals surface area contributed by atoms with E-state index in [-0.39, 0.29) is 11.6 Å². The standard InChI is InChI=1S/C20H20Br2O3S2/c21-17-5-1-15(2-6-17)19(23)13-26-11-9-25-10-12-27-14-20(24)16-3-7-18(22)8-4-16/h1-8H,9-14H2. The summed E-state index contributed by atoms with van der Waals surface area (Å²) in [5.74, 6) is 2.75. The smallest absolute Gasteiger partial charge is 0.172 e. The third-order valence-electron chi connectivity index (χ3n) is 3.54. The zero-order valence-electron chi connectivity index (χ0n) is 14.7. The average Bonchev–Trinajstić information content (AvgIpc) is 2.67. The summed E-state index contributed by atoms with van der Waals surface area (Å²) in [5.41, 5.74) is 1.47. The maximum atomic E-state index is 12.0. The lowest BCUT2D eigenvalue weighted by atomic mass is 10.2. The van der Waals surface area contributed by atoms with Crippen LogP contribution in [0, 0.1) is 0 Å². The van der Waals surface area contributed by atoms with Gasteiger partial charge < -0.3 is 4.74 Å². The van der Waals surface area contributed by atoms with Crippen molar-refractivity contribution in [1.29, 1.82) is 0 Å². The molecule has 0 N–H and O–H groups in total. The molecule has 0 heterocycles. The van der Waals surface area contributed by atoms with Crippen LogP contribution in [0.5, 0.6) is 0 Å². The van der Waals surface area contributed by atoms with Gasteiger partial charge in [0.25, 0.3) is 0 Å². The molecule has 0 radical (unpaired) electrons. The quantitative estimate of drug-likeness (QED) is 0.257. The molecule has 0 aromatic heterocycles. The zero-order chi connectivity index (χ0) is 19.5. The SMILES string of the molecule is O=C(CSCCOCCSCC(=O)c1ccc(Br)cc1)c1ccc(Br)cc1. The predicted octanol–water partition coefficient (Wildman–Crippen LogP) is 5.76.